The van der Waals surface area contributed by atoms with Crippen molar-refractivity contribution in [2.45, 2.75) is 19.8 Å². The smallest absolute Gasteiger partial charge is 0.238 e. The summed E-state index contributed by atoms with van der Waals surface area (Å²) >= 11 is 0. The number of likely N-dealkylation sites (N-methyl/N-ethyl adjacent to an activating group) is 1. The summed E-state index contributed by atoms with van der Waals surface area (Å²) in [5.41, 5.74) is 4.74. The largest absolute Gasteiger partial charge is 0.325 e. The molecule has 25 heavy (non-hydrogen) atoms. The van der Waals surface area contributed by atoms with E-state index in [-0.39, 0.29) is 11.8 Å². The van der Waals surface area contributed by atoms with Crippen molar-refractivity contribution in [3.8, 4) is 0 Å². The summed E-state index contributed by atoms with van der Waals surface area (Å²) < 4.78 is 0. The third-order valence-corrected chi connectivity index (χ3v) is 4.28. The molecule has 2 aromatic rings. The zero-order chi connectivity index (χ0) is 18.0. The molecule has 0 spiro atoms. The quantitative estimate of drug-likeness (QED) is 0.937. The molecule has 5 nitrogen and oxygen atoms in total. The van der Waals surface area contributed by atoms with E-state index in [1.807, 2.05) is 55.4 Å². The predicted octanol–water partition coefficient (Wildman–Crippen LogP) is 2.97. The highest BCUT2D eigenvalue weighted by Gasteiger charge is 2.23. The Bertz CT molecular complexity index is 814. The summed E-state index contributed by atoms with van der Waals surface area (Å²) in [7, 11) is 3.70. The molecule has 0 aromatic heterocycles. The van der Waals surface area contributed by atoms with Crippen molar-refractivity contribution in [2.75, 3.05) is 30.9 Å². The topological polar surface area (TPSA) is 52.7 Å². The van der Waals surface area contributed by atoms with Gasteiger partial charge < -0.3 is 10.2 Å². The molecule has 0 bridgehead atoms. The number of anilines is 3. The number of rotatable bonds is 3. The van der Waals surface area contributed by atoms with Gasteiger partial charge in [0.2, 0.25) is 11.8 Å². The first-order valence-electron chi connectivity index (χ1n) is 8.42. The lowest BCUT2D eigenvalue weighted by atomic mass is 10.0. The lowest BCUT2D eigenvalue weighted by Gasteiger charge is -2.24. The van der Waals surface area contributed by atoms with Gasteiger partial charge in [-0.05, 0) is 56.3 Å². The number of amides is 2. The molecule has 0 aliphatic carbocycles. The average Bonchev–Trinajstić information content (AvgIpc) is 2.70. The Morgan fingerprint density at radius 2 is 1.72 bits per heavy atom. The molecule has 0 saturated heterocycles. The van der Waals surface area contributed by atoms with Gasteiger partial charge in [0.1, 0.15) is 0 Å². The Labute approximate surface area is 148 Å². The molecule has 3 rings (SSSR count). The fourth-order valence-electron chi connectivity index (χ4n) is 3.23. The van der Waals surface area contributed by atoms with Crippen molar-refractivity contribution in [1.29, 1.82) is 0 Å². The van der Waals surface area contributed by atoms with E-state index in [2.05, 4.69) is 11.4 Å². The first-order chi connectivity index (χ1) is 12.0. The first kappa shape index (κ1) is 17.2. The number of hydrogen-bond acceptors (Lipinski definition) is 3. The monoisotopic (exact) mass is 337 g/mol. The maximum absolute atomic E-state index is 12.4. The number of nitrogens with zero attached hydrogens (tertiary/aromatic N) is 2. The molecule has 0 fully saturated rings. The van der Waals surface area contributed by atoms with Crippen LogP contribution in [-0.4, -0.2) is 37.4 Å². The molecule has 0 saturated carbocycles. The third-order valence-electron chi connectivity index (χ3n) is 4.28. The normalized spacial score (nSPS) is 13.0. The maximum Gasteiger partial charge on any atom is 0.238 e. The Kier molecular flexibility index (Phi) is 4.86. The summed E-state index contributed by atoms with van der Waals surface area (Å²) in [5, 5.41) is 2.91. The van der Waals surface area contributed by atoms with Crippen LogP contribution in [-0.2, 0) is 22.4 Å². The number of carbonyl (C=O) groups is 2. The van der Waals surface area contributed by atoms with Crippen molar-refractivity contribution in [3.05, 3.63) is 53.6 Å². The van der Waals surface area contributed by atoms with E-state index in [0.717, 1.165) is 35.3 Å². The molecule has 0 atom stereocenters. The number of para-hydroxylation sites is 1. The van der Waals surface area contributed by atoms with Crippen LogP contribution in [0.1, 0.15) is 18.1 Å². The van der Waals surface area contributed by atoms with Gasteiger partial charge in [-0.3, -0.25) is 14.5 Å². The van der Waals surface area contributed by atoms with Crippen molar-refractivity contribution >= 4 is 28.9 Å². The Morgan fingerprint density at radius 3 is 2.40 bits per heavy atom. The number of aryl methyl sites for hydroxylation is 2. The van der Waals surface area contributed by atoms with Gasteiger partial charge in [-0.25, -0.2) is 0 Å². The minimum Gasteiger partial charge on any atom is -0.325 e. The van der Waals surface area contributed by atoms with Crippen molar-refractivity contribution in [3.63, 3.8) is 0 Å². The van der Waals surface area contributed by atoms with Crippen LogP contribution >= 0.6 is 0 Å². The lowest BCUT2D eigenvalue weighted by molar-refractivity contribution is -0.117. The van der Waals surface area contributed by atoms with Gasteiger partial charge in [0, 0.05) is 12.6 Å². The molecular formula is C20H23N3O2. The lowest BCUT2D eigenvalue weighted by Crippen LogP contribution is -2.27. The molecular weight excluding hydrogens is 314 g/mol. The minimum atomic E-state index is -0.0756. The maximum atomic E-state index is 12.4. The summed E-state index contributed by atoms with van der Waals surface area (Å²) in [6, 6.07) is 13.8. The van der Waals surface area contributed by atoms with Gasteiger partial charge in [-0.2, -0.15) is 0 Å². The van der Waals surface area contributed by atoms with Gasteiger partial charge in [0.05, 0.1) is 17.9 Å². The van der Waals surface area contributed by atoms with E-state index in [4.69, 9.17) is 0 Å². The minimum absolute atomic E-state index is 0.0348. The van der Waals surface area contributed by atoms with Crippen LogP contribution in [0.3, 0.4) is 0 Å². The van der Waals surface area contributed by atoms with Crippen LogP contribution in [0.2, 0.25) is 0 Å². The fourth-order valence-corrected chi connectivity index (χ4v) is 3.23. The average molecular weight is 337 g/mol. The summed E-state index contributed by atoms with van der Waals surface area (Å²) in [6.45, 7) is 1.89. The van der Waals surface area contributed by atoms with E-state index >= 15 is 0 Å². The van der Waals surface area contributed by atoms with Crippen LogP contribution in [0.25, 0.3) is 0 Å². The molecule has 0 unspecified atom stereocenters. The second-order valence-corrected chi connectivity index (χ2v) is 6.61. The van der Waals surface area contributed by atoms with Gasteiger partial charge in [0.15, 0.2) is 0 Å². The molecule has 130 valence electrons. The fraction of sp³-hybridized carbons (Fsp3) is 0.300. The molecule has 1 N–H and O–H groups in total. The highest BCUT2D eigenvalue weighted by Crippen LogP contribution is 2.37. The van der Waals surface area contributed by atoms with E-state index in [1.54, 1.807) is 11.8 Å². The first-order valence-corrected chi connectivity index (χ1v) is 8.42. The Hall–Kier alpha value is -2.66. The van der Waals surface area contributed by atoms with Crippen LogP contribution < -0.4 is 10.2 Å². The van der Waals surface area contributed by atoms with Crippen molar-refractivity contribution in [1.82, 2.24) is 4.90 Å². The number of benzene rings is 2. The number of fused-ring (bicyclic) bond motifs is 2. The molecule has 5 heteroatoms. The zero-order valence-corrected chi connectivity index (χ0v) is 14.9. The van der Waals surface area contributed by atoms with Gasteiger partial charge in [-0.15, -0.1) is 0 Å². The number of nitrogens with one attached hydrogen (secondary N) is 1. The molecule has 0 radical (unpaired) electrons. The summed E-state index contributed by atoms with van der Waals surface area (Å²) in [5.74, 6) is -0.110. The number of carbonyl (C=O) groups excluding carboxylic acids is 2. The van der Waals surface area contributed by atoms with Crippen LogP contribution in [0, 0.1) is 0 Å². The number of hydrogen-bond donors (Lipinski definition) is 1. The third kappa shape index (κ3) is 3.72. The van der Waals surface area contributed by atoms with Crippen LogP contribution in [0.4, 0.5) is 17.1 Å². The van der Waals surface area contributed by atoms with Crippen molar-refractivity contribution < 1.29 is 9.59 Å². The van der Waals surface area contributed by atoms with E-state index < -0.39 is 0 Å². The van der Waals surface area contributed by atoms with Gasteiger partial charge in [0.25, 0.3) is 0 Å². The second-order valence-electron chi connectivity index (χ2n) is 6.61. The van der Waals surface area contributed by atoms with Gasteiger partial charge in [-0.1, -0.05) is 24.3 Å². The molecule has 2 aromatic carbocycles. The zero-order valence-electron chi connectivity index (χ0n) is 14.9. The van der Waals surface area contributed by atoms with Gasteiger partial charge >= 0.3 is 0 Å². The highest BCUT2D eigenvalue weighted by atomic mass is 16.2. The molecule has 1 aliphatic heterocycles. The van der Waals surface area contributed by atoms with Crippen molar-refractivity contribution in [2.24, 2.45) is 0 Å². The Morgan fingerprint density at radius 1 is 1.04 bits per heavy atom. The predicted molar refractivity (Wildman–Crippen MR) is 100 cm³/mol. The SMILES string of the molecule is CC(=O)N1c2ccccc2CCc2ccc(NC(=O)CN(C)C)cc21. The molecule has 1 aliphatic rings. The summed E-state index contributed by atoms with van der Waals surface area (Å²) in [6.07, 6.45) is 1.75. The van der Waals surface area contributed by atoms with E-state index in [0.29, 0.717) is 12.2 Å². The molecule has 1 heterocycles. The van der Waals surface area contributed by atoms with Crippen LogP contribution in [0.15, 0.2) is 42.5 Å². The van der Waals surface area contributed by atoms with E-state index in [9.17, 15) is 9.59 Å². The Balaban J connectivity index is 2.00. The van der Waals surface area contributed by atoms with Crippen LogP contribution in [0.5, 0.6) is 0 Å². The standard InChI is InChI=1S/C20H23N3O2/c1-14(24)23-18-7-5-4-6-15(18)8-9-16-10-11-17(12-19(16)23)21-20(25)13-22(2)3/h4-7,10-12H,8-9,13H2,1-3H3,(H,21,25). The van der Waals surface area contributed by atoms with E-state index in [1.165, 1.54) is 0 Å². The summed E-state index contributed by atoms with van der Waals surface area (Å²) in [4.78, 5) is 28.0. The second kappa shape index (κ2) is 7.07. The molecule has 2 amide bonds. The highest BCUT2D eigenvalue weighted by molar-refractivity contribution is 6.02.